The van der Waals surface area contributed by atoms with Crippen LogP contribution in [0.4, 0.5) is 11.6 Å². The predicted molar refractivity (Wildman–Crippen MR) is 106 cm³/mol. The van der Waals surface area contributed by atoms with Crippen LogP contribution in [0.2, 0.25) is 0 Å². The maximum absolute atomic E-state index is 12.4. The SMILES string of the molecule is CCCOc1ccccc1NC(=O)CSc1nnc(N2CCOCC2)n1C. The highest BCUT2D eigenvalue weighted by molar-refractivity contribution is 7.99. The van der Waals surface area contributed by atoms with E-state index < -0.39 is 0 Å². The van der Waals surface area contributed by atoms with Crippen molar-refractivity contribution in [3.05, 3.63) is 24.3 Å². The molecule has 1 aromatic carbocycles. The van der Waals surface area contributed by atoms with Crippen LogP contribution >= 0.6 is 11.8 Å². The number of hydrogen-bond donors (Lipinski definition) is 1. The van der Waals surface area contributed by atoms with Crippen molar-refractivity contribution in [3.63, 3.8) is 0 Å². The minimum Gasteiger partial charge on any atom is -0.491 e. The molecule has 8 nitrogen and oxygen atoms in total. The van der Waals surface area contributed by atoms with Crippen LogP contribution < -0.4 is 15.0 Å². The van der Waals surface area contributed by atoms with Gasteiger partial charge in [-0.15, -0.1) is 10.2 Å². The third-order valence-electron chi connectivity index (χ3n) is 4.06. The van der Waals surface area contributed by atoms with Gasteiger partial charge in [-0.05, 0) is 18.6 Å². The number of morpholine rings is 1. The van der Waals surface area contributed by atoms with Gasteiger partial charge < -0.3 is 19.7 Å². The molecule has 27 heavy (non-hydrogen) atoms. The van der Waals surface area contributed by atoms with Gasteiger partial charge in [-0.1, -0.05) is 30.8 Å². The molecule has 146 valence electrons. The van der Waals surface area contributed by atoms with Crippen LogP contribution in [-0.2, 0) is 16.6 Å². The van der Waals surface area contributed by atoms with Crippen molar-refractivity contribution in [1.29, 1.82) is 0 Å². The first-order valence-corrected chi connectivity index (χ1v) is 10.0. The number of thioether (sulfide) groups is 1. The average Bonchev–Trinajstić information content (AvgIpc) is 3.07. The van der Waals surface area contributed by atoms with Crippen LogP contribution in [0.25, 0.3) is 0 Å². The fourth-order valence-electron chi connectivity index (χ4n) is 2.70. The van der Waals surface area contributed by atoms with Crippen LogP contribution in [0.3, 0.4) is 0 Å². The van der Waals surface area contributed by atoms with E-state index in [1.54, 1.807) is 0 Å². The summed E-state index contributed by atoms with van der Waals surface area (Å²) in [6.45, 7) is 5.64. The summed E-state index contributed by atoms with van der Waals surface area (Å²) in [6, 6.07) is 7.46. The van der Waals surface area contributed by atoms with Crippen molar-refractivity contribution >= 4 is 29.3 Å². The molecule has 0 aliphatic carbocycles. The van der Waals surface area contributed by atoms with Gasteiger partial charge in [0, 0.05) is 20.1 Å². The summed E-state index contributed by atoms with van der Waals surface area (Å²) in [5.74, 6) is 1.63. The van der Waals surface area contributed by atoms with Gasteiger partial charge in [0.15, 0.2) is 5.16 Å². The van der Waals surface area contributed by atoms with Crippen LogP contribution in [0, 0.1) is 0 Å². The normalized spacial score (nSPS) is 14.2. The van der Waals surface area contributed by atoms with Crippen molar-refractivity contribution in [2.24, 2.45) is 7.05 Å². The first kappa shape index (κ1) is 19.5. The number of anilines is 2. The Morgan fingerprint density at radius 1 is 1.30 bits per heavy atom. The van der Waals surface area contributed by atoms with Crippen LogP contribution in [0.5, 0.6) is 5.75 Å². The zero-order valence-corrected chi connectivity index (χ0v) is 16.5. The highest BCUT2D eigenvalue weighted by Crippen LogP contribution is 2.25. The number of para-hydroxylation sites is 2. The zero-order valence-electron chi connectivity index (χ0n) is 15.7. The lowest BCUT2D eigenvalue weighted by atomic mass is 10.3. The molecule has 0 bridgehead atoms. The van der Waals surface area contributed by atoms with Crippen LogP contribution in [-0.4, -0.2) is 59.3 Å². The van der Waals surface area contributed by atoms with Gasteiger partial charge in [-0.3, -0.25) is 9.36 Å². The molecule has 1 aliphatic heterocycles. The molecule has 0 unspecified atom stereocenters. The highest BCUT2D eigenvalue weighted by Gasteiger charge is 2.19. The number of benzene rings is 1. The molecule has 0 radical (unpaired) electrons. The molecule has 1 saturated heterocycles. The molecule has 9 heteroatoms. The monoisotopic (exact) mass is 391 g/mol. The van der Waals surface area contributed by atoms with Crippen molar-refractivity contribution in [2.75, 3.05) is 48.9 Å². The molecule has 1 aromatic heterocycles. The van der Waals surface area contributed by atoms with E-state index >= 15 is 0 Å². The van der Waals surface area contributed by atoms with Gasteiger partial charge in [0.25, 0.3) is 0 Å². The van der Waals surface area contributed by atoms with E-state index in [0.717, 1.165) is 25.5 Å². The quantitative estimate of drug-likeness (QED) is 0.691. The summed E-state index contributed by atoms with van der Waals surface area (Å²) >= 11 is 1.36. The number of nitrogens with one attached hydrogen (secondary N) is 1. The van der Waals surface area contributed by atoms with E-state index in [0.29, 0.717) is 36.4 Å². The number of amides is 1. The van der Waals surface area contributed by atoms with Crippen molar-refractivity contribution in [3.8, 4) is 5.75 Å². The Kier molecular flexibility index (Phi) is 6.94. The number of ether oxygens (including phenoxy) is 2. The Bertz CT molecular complexity index is 761. The third kappa shape index (κ3) is 5.14. The van der Waals surface area contributed by atoms with E-state index in [9.17, 15) is 4.79 Å². The Morgan fingerprint density at radius 3 is 2.85 bits per heavy atom. The Hall–Kier alpha value is -2.26. The standard InChI is InChI=1S/C18H25N5O3S/c1-3-10-26-15-7-5-4-6-14(15)19-16(24)13-27-18-21-20-17(22(18)2)23-8-11-25-12-9-23/h4-7H,3,8-13H2,1-2H3,(H,19,24). The lowest BCUT2D eigenvalue weighted by Gasteiger charge is -2.27. The molecular weight excluding hydrogens is 366 g/mol. The summed E-state index contributed by atoms with van der Waals surface area (Å²) in [5, 5.41) is 12.1. The summed E-state index contributed by atoms with van der Waals surface area (Å²) in [6.07, 6.45) is 0.912. The molecule has 0 saturated carbocycles. The minimum atomic E-state index is -0.108. The van der Waals surface area contributed by atoms with Gasteiger partial charge in [-0.25, -0.2) is 0 Å². The van der Waals surface area contributed by atoms with Gasteiger partial charge in [0.05, 0.1) is 31.3 Å². The molecule has 1 N–H and O–H groups in total. The number of carbonyl (C=O) groups is 1. The zero-order chi connectivity index (χ0) is 19.1. The molecule has 1 amide bonds. The van der Waals surface area contributed by atoms with Gasteiger partial charge in [-0.2, -0.15) is 0 Å². The second-order valence-corrected chi connectivity index (χ2v) is 7.06. The Balaban J connectivity index is 1.56. The summed E-state index contributed by atoms with van der Waals surface area (Å²) in [4.78, 5) is 14.5. The van der Waals surface area contributed by atoms with Gasteiger partial charge >= 0.3 is 0 Å². The van der Waals surface area contributed by atoms with Gasteiger partial charge in [0.1, 0.15) is 5.75 Å². The maximum Gasteiger partial charge on any atom is 0.234 e. The lowest BCUT2D eigenvalue weighted by molar-refractivity contribution is -0.113. The fourth-order valence-corrected chi connectivity index (χ4v) is 3.40. The predicted octanol–water partition coefficient (Wildman–Crippen LogP) is 2.17. The van der Waals surface area contributed by atoms with E-state index in [4.69, 9.17) is 9.47 Å². The molecule has 1 aliphatic rings. The second kappa shape index (κ2) is 9.61. The van der Waals surface area contributed by atoms with Crippen molar-refractivity contribution in [1.82, 2.24) is 14.8 Å². The van der Waals surface area contributed by atoms with E-state index in [1.807, 2.05) is 42.8 Å². The Morgan fingerprint density at radius 2 is 2.07 bits per heavy atom. The molecule has 2 aromatic rings. The number of aromatic nitrogens is 3. The smallest absolute Gasteiger partial charge is 0.234 e. The lowest BCUT2D eigenvalue weighted by Crippen LogP contribution is -2.37. The number of nitrogens with zero attached hydrogens (tertiary/aromatic N) is 4. The first-order chi connectivity index (χ1) is 13.2. The molecule has 0 spiro atoms. The van der Waals surface area contributed by atoms with Crippen LogP contribution in [0.15, 0.2) is 29.4 Å². The van der Waals surface area contributed by atoms with E-state index in [2.05, 4.69) is 20.4 Å². The summed E-state index contributed by atoms with van der Waals surface area (Å²) in [7, 11) is 1.92. The van der Waals surface area contributed by atoms with Gasteiger partial charge in [0.2, 0.25) is 11.9 Å². The first-order valence-electron chi connectivity index (χ1n) is 9.05. The topological polar surface area (TPSA) is 81.5 Å². The molecule has 2 heterocycles. The number of carbonyl (C=O) groups excluding carboxylic acids is 1. The maximum atomic E-state index is 12.4. The number of rotatable bonds is 8. The number of hydrogen-bond acceptors (Lipinski definition) is 7. The second-order valence-electron chi connectivity index (χ2n) is 6.12. The third-order valence-corrected chi connectivity index (χ3v) is 5.08. The van der Waals surface area contributed by atoms with E-state index in [1.165, 1.54) is 11.8 Å². The van der Waals surface area contributed by atoms with Crippen LogP contribution in [0.1, 0.15) is 13.3 Å². The van der Waals surface area contributed by atoms with Crippen molar-refractivity contribution < 1.29 is 14.3 Å². The largest absolute Gasteiger partial charge is 0.491 e. The fraction of sp³-hybridized carbons (Fsp3) is 0.500. The average molecular weight is 391 g/mol. The molecule has 0 atom stereocenters. The van der Waals surface area contributed by atoms with Crippen molar-refractivity contribution in [2.45, 2.75) is 18.5 Å². The van der Waals surface area contributed by atoms with E-state index in [-0.39, 0.29) is 11.7 Å². The highest BCUT2D eigenvalue weighted by atomic mass is 32.2. The molecule has 3 rings (SSSR count). The summed E-state index contributed by atoms with van der Waals surface area (Å²) in [5.41, 5.74) is 0.684. The molecular formula is C18H25N5O3S. The minimum absolute atomic E-state index is 0.108. The Labute approximate surface area is 163 Å². The summed E-state index contributed by atoms with van der Waals surface area (Å²) < 4.78 is 13.0. The molecule has 1 fully saturated rings.